The summed E-state index contributed by atoms with van der Waals surface area (Å²) in [5.41, 5.74) is 0.835. The van der Waals surface area contributed by atoms with Crippen molar-refractivity contribution in [1.82, 2.24) is 20.3 Å². The number of nitrogens with one attached hydrogen (secondary N) is 1. The predicted octanol–water partition coefficient (Wildman–Crippen LogP) is 0.829. The van der Waals surface area contributed by atoms with Crippen molar-refractivity contribution < 1.29 is 12.9 Å². The van der Waals surface area contributed by atoms with Gasteiger partial charge in [0.05, 0.1) is 11.4 Å². The van der Waals surface area contributed by atoms with E-state index in [4.69, 9.17) is 4.52 Å². The van der Waals surface area contributed by atoms with Crippen molar-refractivity contribution in [3.8, 4) is 0 Å². The van der Waals surface area contributed by atoms with Crippen molar-refractivity contribution >= 4 is 15.8 Å². The third kappa shape index (κ3) is 6.95. The Labute approximate surface area is 156 Å². The van der Waals surface area contributed by atoms with Crippen LogP contribution in [0.2, 0.25) is 0 Å². The predicted molar refractivity (Wildman–Crippen MR) is 103 cm³/mol. The molecular weight excluding hydrogens is 354 g/mol. The summed E-state index contributed by atoms with van der Waals surface area (Å²) < 4.78 is 27.7. The second-order valence-corrected chi connectivity index (χ2v) is 9.96. The Morgan fingerprint density at radius 3 is 2.58 bits per heavy atom. The van der Waals surface area contributed by atoms with Gasteiger partial charge in [-0.15, -0.1) is 0 Å². The third-order valence-electron chi connectivity index (χ3n) is 4.64. The molecular formula is C17H31N5O3S. The molecule has 0 bridgehead atoms. The van der Waals surface area contributed by atoms with Gasteiger partial charge in [-0.25, -0.2) is 8.42 Å². The van der Waals surface area contributed by atoms with Gasteiger partial charge in [-0.3, -0.25) is 9.89 Å². The number of piperazine rings is 1. The van der Waals surface area contributed by atoms with Crippen molar-refractivity contribution in [1.29, 1.82) is 0 Å². The first kappa shape index (κ1) is 20.7. The van der Waals surface area contributed by atoms with Crippen LogP contribution in [0.4, 0.5) is 0 Å². The van der Waals surface area contributed by atoms with E-state index in [1.807, 2.05) is 6.07 Å². The number of sulfone groups is 1. The molecule has 0 unspecified atom stereocenters. The smallest absolute Gasteiger partial charge is 0.193 e. The number of hydrogen-bond donors (Lipinski definition) is 1. The number of guanidine groups is 1. The molecule has 0 radical (unpaired) electrons. The van der Waals surface area contributed by atoms with E-state index in [1.54, 1.807) is 13.3 Å². The van der Waals surface area contributed by atoms with Gasteiger partial charge in [-0.05, 0) is 11.8 Å². The zero-order chi connectivity index (χ0) is 19.2. The molecule has 8 nitrogen and oxygen atoms in total. The topological polar surface area (TPSA) is 91.0 Å². The molecule has 1 N–H and O–H groups in total. The van der Waals surface area contributed by atoms with Gasteiger partial charge in [0.15, 0.2) is 5.96 Å². The van der Waals surface area contributed by atoms with E-state index in [0.29, 0.717) is 13.0 Å². The Morgan fingerprint density at radius 2 is 2.04 bits per heavy atom. The number of rotatable bonds is 7. The molecule has 0 spiro atoms. The maximum absolute atomic E-state index is 11.4. The quantitative estimate of drug-likeness (QED) is 0.549. The maximum Gasteiger partial charge on any atom is 0.193 e. The summed E-state index contributed by atoms with van der Waals surface area (Å²) in [7, 11) is -1.15. The molecule has 1 aromatic heterocycles. The highest BCUT2D eigenvalue weighted by molar-refractivity contribution is 7.90. The summed E-state index contributed by atoms with van der Waals surface area (Å²) >= 11 is 0. The van der Waals surface area contributed by atoms with Gasteiger partial charge < -0.3 is 14.7 Å². The molecule has 1 saturated heterocycles. The van der Waals surface area contributed by atoms with E-state index in [1.165, 1.54) is 6.26 Å². The highest BCUT2D eigenvalue weighted by Gasteiger charge is 2.24. The van der Waals surface area contributed by atoms with Crippen LogP contribution in [0.15, 0.2) is 21.8 Å². The van der Waals surface area contributed by atoms with Crippen LogP contribution in [0.1, 0.15) is 26.0 Å². The molecule has 0 aliphatic carbocycles. The van der Waals surface area contributed by atoms with Crippen LogP contribution in [0, 0.1) is 5.41 Å². The number of aromatic nitrogens is 1. The van der Waals surface area contributed by atoms with E-state index in [0.717, 1.165) is 44.4 Å². The van der Waals surface area contributed by atoms with E-state index in [2.05, 4.69) is 39.1 Å². The summed E-state index contributed by atoms with van der Waals surface area (Å²) in [5.74, 6) is 1.08. The van der Waals surface area contributed by atoms with Gasteiger partial charge in [0.25, 0.3) is 0 Å². The monoisotopic (exact) mass is 385 g/mol. The third-order valence-corrected chi connectivity index (χ3v) is 5.58. The lowest BCUT2D eigenvalue weighted by Crippen LogP contribution is -2.53. The second-order valence-electron chi connectivity index (χ2n) is 7.70. The van der Waals surface area contributed by atoms with Gasteiger partial charge in [0.1, 0.15) is 16.1 Å². The van der Waals surface area contributed by atoms with Crippen molar-refractivity contribution in [3.05, 3.63) is 18.0 Å². The molecule has 0 saturated carbocycles. The summed E-state index contributed by atoms with van der Waals surface area (Å²) in [4.78, 5) is 8.98. The van der Waals surface area contributed by atoms with E-state index in [-0.39, 0.29) is 11.2 Å². The Kier molecular flexibility index (Phi) is 7.05. The Balaban J connectivity index is 1.78. The highest BCUT2D eigenvalue weighted by Crippen LogP contribution is 2.20. The average Bonchev–Trinajstić information content (AvgIpc) is 3.07. The molecule has 2 heterocycles. The first-order valence-electron chi connectivity index (χ1n) is 8.93. The van der Waals surface area contributed by atoms with Crippen LogP contribution >= 0.6 is 0 Å². The lowest BCUT2D eigenvalue weighted by Gasteiger charge is -2.37. The van der Waals surface area contributed by atoms with E-state index >= 15 is 0 Å². The summed E-state index contributed by atoms with van der Waals surface area (Å²) in [6.45, 7) is 9.30. The number of nitrogens with zero attached hydrogens (tertiary/aromatic N) is 4. The van der Waals surface area contributed by atoms with Gasteiger partial charge in [-0.1, -0.05) is 19.0 Å². The minimum absolute atomic E-state index is 0.117. The zero-order valence-electron chi connectivity index (χ0n) is 16.2. The first-order chi connectivity index (χ1) is 12.2. The van der Waals surface area contributed by atoms with Gasteiger partial charge in [0.2, 0.25) is 0 Å². The van der Waals surface area contributed by atoms with E-state index < -0.39 is 9.84 Å². The van der Waals surface area contributed by atoms with Crippen LogP contribution in [0.5, 0.6) is 0 Å². The molecule has 0 amide bonds. The Bertz CT molecular complexity index is 677. The Morgan fingerprint density at radius 1 is 1.35 bits per heavy atom. The molecule has 0 aromatic carbocycles. The maximum atomic E-state index is 11.4. The molecule has 1 aliphatic rings. The molecule has 1 aliphatic heterocycles. The second kappa shape index (κ2) is 8.85. The highest BCUT2D eigenvalue weighted by atomic mass is 32.2. The first-order valence-corrected chi connectivity index (χ1v) is 11.0. The summed E-state index contributed by atoms with van der Waals surface area (Å²) in [6.07, 6.45) is 3.51. The normalized spacial score (nSPS) is 17.5. The number of aliphatic imine (C=N–C) groups is 1. The molecule has 2 rings (SSSR count). The van der Waals surface area contributed by atoms with Crippen molar-refractivity contribution in [2.24, 2.45) is 10.4 Å². The zero-order valence-corrected chi connectivity index (χ0v) is 17.0. The molecule has 1 fully saturated rings. The lowest BCUT2D eigenvalue weighted by atomic mass is 9.90. The van der Waals surface area contributed by atoms with Crippen LogP contribution < -0.4 is 5.32 Å². The van der Waals surface area contributed by atoms with Crippen molar-refractivity contribution in [2.45, 2.75) is 26.8 Å². The fraction of sp³-hybridized carbons (Fsp3) is 0.765. The summed E-state index contributed by atoms with van der Waals surface area (Å²) in [5, 5.41) is 7.37. The van der Waals surface area contributed by atoms with Gasteiger partial charge in [-0.2, -0.15) is 0 Å². The van der Waals surface area contributed by atoms with Crippen LogP contribution in [0.25, 0.3) is 0 Å². The van der Waals surface area contributed by atoms with Crippen molar-refractivity contribution in [2.75, 3.05) is 51.8 Å². The minimum atomic E-state index is -2.94. The standard InChI is InChI=1S/C17H31N5O3S/c1-17(2,6-12-26(4,23)24)14-19-16(18-3)22-9-7-21(8-10-22)13-15-5-11-25-20-15/h5,11H,6-10,12-14H2,1-4H3,(H,18,19). The molecule has 1 aromatic rings. The van der Waals surface area contributed by atoms with Crippen LogP contribution in [-0.4, -0.2) is 81.1 Å². The fourth-order valence-corrected chi connectivity index (χ4v) is 3.79. The fourth-order valence-electron chi connectivity index (χ4n) is 2.87. The average molecular weight is 386 g/mol. The molecule has 26 heavy (non-hydrogen) atoms. The van der Waals surface area contributed by atoms with Gasteiger partial charge >= 0.3 is 0 Å². The van der Waals surface area contributed by atoms with Gasteiger partial charge in [0, 0.05) is 58.6 Å². The minimum Gasteiger partial charge on any atom is -0.364 e. The largest absolute Gasteiger partial charge is 0.364 e. The van der Waals surface area contributed by atoms with Crippen molar-refractivity contribution in [3.63, 3.8) is 0 Å². The summed E-state index contributed by atoms with van der Waals surface area (Å²) in [6, 6.07) is 1.89. The molecule has 148 valence electrons. The molecule has 9 heteroatoms. The SMILES string of the molecule is CN=C(NCC(C)(C)CCS(C)(=O)=O)N1CCN(Cc2ccon2)CC1. The van der Waals surface area contributed by atoms with Crippen LogP contribution in [0.3, 0.4) is 0 Å². The lowest BCUT2D eigenvalue weighted by molar-refractivity contribution is 0.168. The number of hydrogen-bond acceptors (Lipinski definition) is 6. The van der Waals surface area contributed by atoms with E-state index in [9.17, 15) is 8.42 Å². The molecule has 0 atom stereocenters. The Hall–Kier alpha value is -1.61. The van der Waals surface area contributed by atoms with Crippen LogP contribution in [-0.2, 0) is 16.4 Å².